The molecule has 2 aromatic rings. The lowest BCUT2D eigenvalue weighted by Crippen LogP contribution is -2.12. The molecule has 0 spiro atoms. The van der Waals surface area contributed by atoms with Gasteiger partial charge < -0.3 is 10.4 Å². The highest BCUT2D eigenvalue weighted by Crippen LogP contribution is 2.35. The van der Waals surface area contributed by atoms with E-state index in [2.05, 4.69) is 21.2 Å². The van der Waals surface area contributed by atoms with E-state index in [-0.39, 0.29) is 16.3 Å². The number of hydrogen-bond acceptors (Lipinski definition) is 2. The summed E-state index contributed by atoms with van der Waals surface area (Å²) in [4.78, 5) is 12.0. The molecule has 0 unspecified atom stereocenters. The number of aromatic hydroxyl groups is 1. The summed E-state index contributed by atoms with van der Waals surface area (Å²) >= 11 is 8.89. The average molecular weight is 395 g/mol. The first-order chi connectivity index (χ1) is 10.2. The van der Waals surface area contributed by atoms with Crippen molar-refractivity contribution in [2.75, 3.05) is 5.32 Å². The van der Waals surface area contributed by atoms with Crippen LogP contribution in [0.25, 0.3) is 0 Å². The number of carbonyl (C=O) groups excluding carboxylic acids is 1. The molecule has 0 atom stereocenters. The smallest absolute Gasteiger partial charge is 0.416 e. The maximum Gasteiger partial charge on any atom is 0.416 e. The summed E-state index contributed by atoms with van der Waals surface area (Å²) in [5.41, 5.74) is -0.746. The van der Waals surface area contributed by atoms with Gasteiger partial charge in [0, 0.05) is 10.2 Å². The normalized spacial score (nSPS) is 11.3. The molecule has 0 radical (unpaired) electrons. The molecular formula is C14H8BrClF3NO2. The van der Waals surface area contributed by atoms with Gasteiger partial charge in [-0.1, -0.05) is 11.6 Å². The van der Waals surface area contributed by atoms with E-state index in [4.69, 9.17) is 11.6 Å². The highest BCUT2D eigenvalue weighted by molar-refractivity contribution is 9.10. The zero-order valence-electron chi connectivity index (χ0n) is 10.7. The number of halogens is 5. The number of rotatable bonds is 2. The fourth-order valence-electron chi connectivity index (χ4n) is 1.66. The molecular weight excluding hydrogens is 387 g/mol. The maximum atomic E-state index is 12.4. The van der Waals surface area contributed by atoms with Gasteiger partial charge in [-0.05, 0) is 52.3 Å². The molecule has 0 aromatic heterocycles. The fraction of sp³-hybridized carbons (Fsp3) is 0.0714. The Morgan fingerprint density at radius 3 is 2.27 bits per heavy atom. The van der Waals surface area contributed by atoms with Crippen LogP contribution in [0, 0.1) is 0 Å². The van der Waals surface area contributed by atoms with E-state index in [0.29, 0.717) is 4.47 Å². The largest absolute Gasteiger partial charge is 0.506 e. The molecule has 8 heteroatoms. The van der Waals surface area contributed by atoms with E-state index in [9.17, 15) is 23.1 Å². The Balaban J connectivity index is 2.21. The number of amides is 1. The van der Waals surface area contributed by atoms with E-state index in [0.717, 1.165) is 24.3 Å². The third-order valence-electron chi connectivity index (χ3n) is 2.78. The molecule has 3 nitrogen and oxygen atoms in total. The van der Waals surface area contributed by atoms with Crippen LogP contribution >= 0.6 is 27.5 Å². The lowest BCUT2D eigenvalue weighted by Gasteiger charge is -2.10. The van der Waals surface area contributed by atoms with Crippen molar-refractivity contribution in [3.8, 4) is 5.75 Å². The lowest BCUT2D eigenvalue weighted by atomic mass is 10.1. The van der Waals surface area contributed by atoms with Gasteiger partial charge >= 0.3 is 6.18 Å². The van der Waals surface area contributed by atoms with E-state index in [1.807, 2.05) is 0 Å². The van der Waals surface area contributed by atoms with Gasteiger partial charge in [0.2, 0.25) is 0 Å². The Labute approximate surface area is 136 Å². The Hall–Kier alpha value is -1.73. The molecule has 1 amide bonds. The predicted molar refractivity (Wildman–Crippen MR) is 80.2 cm³/mol. The third kappa shape index (κ3) is 3.53. The number of alkyl halides is 3. The highest BCUT2D eigenvalue weighted by Gasteiger charge is 2.30. The number of anilines is 1. The van der Waals surface area contributed by atoms with Gasteiger partial charge in [-0.15, -0.1) is 0 Å². The van der Waals surface area contributed by atoms with Gasteiger partial charge in [0.05, 0.1) is 16.1 Å². The van der Waals surface area contributed by atoms with Gasteiger partial charge in [-0.25, -0.2) is 0 Å². The minimum Gasteiger partial charge on any atom is -0.506 e. The van der Waals surface area contributed by atoms with E-state index < -0.39 is 23.4 Å². The van der Waals surface area contributed by atoms with Gasteiger partial charge in [-0.2, -0.15) is 13.2 Å². The summed E-state index contributed by atoms with van der Waals surface area (Å²) < 4.78 is 37.7. The SMILES string of the molecule is O=C(Nc1ccc(C(F)(F)F)cc1)c1ccc(Br)c(Cl)c1O. The summed E-state index contributed by atoms with van der Waals surface area (Å²) in [6.07, 6.45) is -4.44. The first kappa shape index (κ1) is 16.6. The second kappa shape index (κ2) is 6.18. The molecule has 0 aliphatic rings. The Bertz CT molecular complexity index is 717. The van der Waals surface area contributed by atoms with Crippen LogP contribution in [0.15, 0.2) is 40.9 Å². The van der Waals surface area contributed by atoms with Crippen LogP contribution in [0.5, 0.6) is 5.75 Å². The molecule has 0 fully saturated rings. The fourth-order valence-corrected chi connectivity index (χ4v) is 2.15. The van der Waals surface area contributed by atoms with Crippen molar-refractivity contribution in [1.82, 2.24) is 0 Å². The number of nitrogens with one attached hydrogen (secondary N) is 1. The van der Waals surface area contributed by atoms with Crippen LogP contribution < -0.4 is 5.32 Å². The summed E-state index contributed by atoms with van der Waals surface area (Å²) in [5.74, 6) is -1.10. The average Bonchev–Trinajstić information content (AvgIpc) is 2.44. The summed E-state index contributed by atoms with van der Waals surface area (Å²) in [6.45, 7) is 0. The van der Waals surface area contributed by atoms with Gasteiger partial charge in [0.15, 0.2) is 0 Å². The topological polar surface area (TPSA) is 49.3 Å². The molecule has 0 aliphatic carbocycles. The van der Waals surface area contributed by atoms with Crippen molar-refractivity contribution in [1.29, 1.82) is 0 Å². The molecule has 0 saturated carbocycles. The molecule has 2 rings (SSSR count). The lowest BCUT2D eigenvalue weighted by molar-refractivity contribution is -0.137. The number of hydrogen-bond donors (Lipinski definition) is 2. The molecule has 2 N–H and O–H groups in total. The second-order valence-corrected chi connectivity index (χ2v) is 5.52. The zero-order valence-corrected chi connectivity index (χ0v) is 13.1. The molecule has 0 saturated heterocycles. The van der Waals surface area contributed by atoms with Crippen molar-refractivity contribution in [3.63, 3.8) is 0 Å². The predicted octanol–water partition coefficient (Wildman–Crippen LogP) is 5.08. The monoisotopic (exact) mass is 393 g/mol. The van der Waals surface area contributed by atoms with E-state index in [1.54, 1.807) is 0 Å². The van der Waals surface area contributed by atoms with Gasteiger partial charge in [-0.3, -0.25) is 4.79 Å². The number of benzene rings is 2. The maximum absolute atomic E-state index is 12.4. The first-order valence-corrected chi connectivity index (χ1v) is 7.03. The summed E-state index contributed by atoms with van der Waals surface area (Å²) in [7, 11) is 0. The van der Waals surface area contributed by atoms with Gasteiger partial charge in [0.1, 0.15) is 5.75 Å². The summed E-state index contributed by atoms with van der Waals surface area (Å²) in [6, 6.07) is 6.76. The van der Waals surface area contributed by atoms with Crippen molar-refractivity contribution < 1.29 is 23.1 Å². The molecule has 116 valence electrons. The van der Waals surface area contributed by atoms with Crippen molar-refractivity contribution in [2.24, 2.45) is 0 Å². The van der Waals surface area contributed by atoms with Crippen LogP contribution in [0.4, 0.5) is 18.9 Å². The highest BCUT2D eigenvalue weighted by atomic mass is 79.9. The molecule has 0 bridgehead atoms. The van der Waals surface area contributed by atoms with Crippen LogP contribution in [0.2, 0.25) is 5.02 Å². The number of carbonyl (C=O) groups is 1. The second-order valence-electron chi connectivity index (χ2n) is 4.29. The number of phenolic OH excluding ortho intramolecular Hbond substituents is 1. The Kier molecular flexibility index (Phi) is 4.67. The molecule has 0 aliphatic heterocycles. The Morgan fingerprint density at radius 2 is 1.73 bits per heavy atom. The standard InChI is InChI=1S/C14H8BrClF3NO2/c15-10-6-5-9(12(21)11(10)16)13(22)20-8-3-1-7(2-4-8)14(17,18)19/h1-6,21H,(H,20,22). The molecule has 22 heavy (non-hydrogen) atoms. The minimum atomic E-state index is -4.44. The van der Waals surface area contributed by atoms with Crippen LogP contribution in [0.3, 0.4) is 0 Å². The summed E-state index contributed by atoms with van der Waals surface area (Å²) in [5, 5.41) is 12.2. The van der Waals surface area contributed by atoms with Gasteiger partial charge in [0.25, 0.3) is 5.91 Å². The van der Waals surface area contributed by atoms with E-state index in [1.165, 1.54) is 12.1 Å². The zero-order chi connectivity index (χ0) is 16.5. The molecule has 2 aromatic carbocycles. The first-order valence-electron chi connectivity index (χ1n) is 5.85. The third-order valence-corrected chi connectivity index (χ3v) is 4.06. The Morgan fingerprint density at radius 1 is 1.14 bits per heavy atom. The van der Waals surface area contributed by atoms with Crippen LogP contribution in [0.1, 0.15) is 15.9 Å². The van der Waals surface area contributed by atoms with Crippen LogP contribution in [-0.4, -0.2) is 11.0 Å². The van der Waals surface area contributed by atoms with E-state index >= 15 is 0 Å². The molecule has 0 heterocycles. The van der Waals surface area contributed by atoms with Crippen molar-refractivity contribution in [2.45, 2.75) is 6.18 Å². The quantitative estimate of drug-likeness (QED) is 0.746. The minimum absolute atomic E-state index is 0.0277. The van der Waals surface area contributed by atoms with Crippen molar-refractivity contribution in [3.05, 3.63) is 57.0 Å². The van der Waals surface area contributed by atoms with Crippen molar-refractivity contribution >= 4 is 39.1 Å². The van der Waals surface area contributed by atoms with Crippen LogP contribution in [-0.2, 0) is 6.18 Å². The number of phenols is 1.